The van der Waals surface area contributed by atoms with Crippen LogP contribution in [0.2, 0.25) is 0 Å². The predicted molar refractivity (Wildman–Crippen MR) is 69.8 cm³/mol. The van der Waals surface area contributed by atoms with Gasteiger partial charge in [-0.15, -0.1) is 0 Å². The van der Waals surface area contributed by atoms with Gasteiger partial charge in [0.2, 0.25) is 0 Å². The highest BCUT2D eigenvalue weighted by molar-refractivity contribution is 6.04. The summed E-state index contributed by atoms with van der Waals surface area (Å²) in [6.07, 6.45) is 0. The first kappa shape index (κ1) is 10.7. The molecule has 1 aromatic heterocycles. The lowest BCUT2D eigenvalue weighted by molar-refractivity contribution is 0.668. The van der Waals surface area contributed by atoms with Crippen LogP contribution in [0.5, 0.6) is 0 Å². The molecule has 0 radical (unpaired) electrons. The Bertz CT molecular complexity index is 605. The second-order valence-electron chi connectivity index (χ2n) is 3.60. The highest BCUT2D eigenvalue weighted by Crippen LogP contribution is 2.28. The molecule has 0 N–H and O–H groups in total. The van der Waals surface area contributed by atoms with Gasteiger partial charge in [-0.1, -0.05) is 44.2 Å². The van der Waals surface area contributed by atoms with Gasteiger partial charge in [-0.3, -0.25) is 0 Å². The quantitative estimate of drug-likeness (QED) is 0.515. The number of rotatable bonds is 0. The lowest BCUT2D eigenvalue weighted by Gasteiger charge is -1.90. The summed E-state index contributed by atoms with van der Waals surface area (Å²) in [6.45, 7) is 6.08. The van der Waals surface area contributed by atoms with Gasteiger partial charge in [0, 0.05) is 10.8 Å². The van der Waals surface area contributed by atoms with Crippen molar-refractivity contribution < 1.29 is 4.42 Å². The molecule has 0 spiro atoms. The molecule has 1 heteroatoms. The van der Waals surface area contributed by atoms with Crippen molar-refractivity contribution in [1.29, 1.82) is 0 Å². The van der Waals surface area contributed by atoms with Gasteiger partial charge in [0.1, 0.15) is 11.2 Å². The van der Waals surface area contributed by atoms with Crippen LogP contribution in [0.25, 0.3) is 21.9 Å². The maximum absolute atomic E-state index is 5.73. The zero-order chi connectivity index (χ0) is 11.5. The molecule has 0 atom stereocenters. The zero-order valence-electron chi connectivity index (χ0n) is 9.95. The predicted octanol–water partition coefficient (Wildman–Crippen LogP) is 4.92. The van der Waals surface area contributed by atoms with Crippen molar-refractivity contribution >= 4 is 21.9 Å². The molecule has 3 aromatic rings. The van der Waals surface area contributed by atoms with E-state index in [1.807, 2.05) is 32.0 Å². The normalized spacial score (nSPS) is 10.2. The third kappa shape index (κ3) is 1.69. The third-order valence-corrected chi connectivity index (χ3v) is 2.53. The van der Waals surface area contributed by atoms with Crippen molar-refractivity contribution in [3.05, 3.63) is 48.0 Å². The summed E-state index contributed by atoms with van der Waals surface area (Å²) in [6, 6.07) is 14.5. The number of hydrogen-bond donors (Lipinski definition) is 0. The minimum atomic E-state index is 0.966. The first-order chi connectivity index (χ1) is 7.84. The Morgan fingerprint density at radius 3 is 2.31 bits per heavy atom. The number of para-hydroxylation sites is 1. The Labute approximate surface area is 95.7 Å². The van der Waals surface area contributed by atoms with E-state index in [-0.39, 0.29) is 0 Å². The highest BCUT2D eigenvalue weighted by atomic mass is 16.3. The Kier molecular flexibility index (Phi) is 2.95. The topological polar surface area (TPSA) is 13.1 Å². The first-order valence-electron chi connectivity index (χ1n) is 5.72. The Hall–Kier alpha value is -1.76. The monoisotopic (exact) mass is 212 g/mol. The maximum Gasteiger partial charge on any atom is 0.135 e. The summed E-state index contributed by atoms with van der Waals surface area (Å²) in [5.41, 5.74) is 3.18. The van der Waals surface area contributed by atoms with Crippen molar-refractivity contribution in [2.75, 3.05) is 0 Å². The molecule has 16 heavy (non-hydrogen) atoms. The lowest BCUT2D eigenvalue weighted by atomic mass is 10.1. The fourth-order valence-electron chi connectivity index (χ4n) is 1.83. The van der Waals surface area contributed by atoms with Gasteiger partial charge < -0.3 is 4.42 Å². The molecule has 0 fully saturated rings. The molecule has 1 heterocycles. The van der Waals surface area contributed by atoms with Gasteiger partial charge >= 0.3 is 0 Å². The van der Waals surface area contributed by atoms with E-state index in [1.54, 1.807) is 0 Å². The zero-order valence-corrected chi connectivity index (χ0v) is 9.95. The van der Waals surface area contributed by atoms with Crippen molar-refractivity contribution in [1.82, 2.24) is 0 Å². The Morgan fingerprint density at radius 2 is 1.50 bits per heavy atom. The standard InChI is InChI=1S/C13H10O.C2H6/c1-9-6-7-11-10-4-2-3-5-12(10)14-13(11)8-9;1-2/h2-8H,1H3;1-2H3. The van der Waals surface area contributed by atoms with Crippen LogP contribution >= 0.6 is 0 Å². The molecule has 0 aliphatic carbocycles. The second kappa shape index (κ2) is 4.40. The molecule has 0 aliphatic rings. The smallest absolute Gasteiger partial charge is 0.135 e. The van der Waals surface area contributed by atoms with Crippen molar-refractivity contribution in [2.24, 2.45) is 0 Å². The van der Waals surface area contributed by atoms with E-state index < -0.39 is 0 Å². The third-order valence-electron chi connectivity index (χ3n) is 2.53. The SMILES string of the molecule is CC.Cc1ccc2c(c1)oc1ccccc12. The van der Waals surface area contributed by atoms with E-state index in [2.05, 4.69) is 31.2 Å². The van der Waals surface area contributed by atoms with Crippen LogP contribution < -0.4 is 0 Å². The van der Waals surface area contributed by atoms with Crippen molar-refractivity contribution in [3.8, 4) is 0 Å². The minimum absolute atomic E-state index is 0.966. The molecule has 2 aromatic carbocycles. The molecular formula is C15H16O. The molecule has 0 bridgehead atoms. The van der Waals surface area contributed by atoms with Gasteiger partial charge in [0.15, 0.2) is 0 Å². The van der Waals surface area contributed by atoms with Crippen LogP contribution in [-0.2, 0) is 0 Å². The summed E-state index contributed by atoms with van der Waals surface area (Å²) in [7, 11) is 0. The minimum Gasteiger partial charge on any atom is -0.456 e. The van der Waals surface area contributed by atoms with Gasteiger partial charge in [-0.05, 0) is 24.6 Å². The maximum atomic E-state index is 5.73. The molecular weight excluding hydrogens is 196 g/mol. The van der Waals surface area contributed by atoms with Crippen LogP contribution in [0.15, 0.2) is 46.9 Å². The van der Waals surface area contributed by atoms with Crippen LogP contribution in [-0.4, -0.2) is 0 Å². The van der Waals surface area contributed by atoms with E-state index >= 15 is 0 Å². The largest absolute Gasteiger partial charge is 0.456 e. The first-order valence-corrected chi connectivity index (χ1v) is 5.72. The lowest BCUT2D eigenvalue weighted by Crippen LogP contribution is -1.69. The van der Waals surface area contributed by atoms with Gasteiger partial charge in [-0.25, -0.2) is 0 Å². The molecule has 1 nitrogen and oxygen atoms in total. The van der Waals surface area contributed by atoms with E-state index in [0.717, 1.165) is 11.2 Å². The summed E-state index contributed by atoms with van der Waals surface area (Å²) in [5.74, 6) is 0. The molecule has 3 rings (SSSR count). The van der Waals surface area contributed by atoms with Crippen LogP contribution in [0.3, 0.4) is 0 Å². The molecule has 0 saturated heterocycles. The Balaban J connectivity index is 0.000000457. The summed E-state index contributed by atoms with van der Waals surface area (Å²) in [4.78, 5) is 0. The fourth-order valence-corrected chi connectivity index (χ4v) is 1.83. The summed E-state index contributed by atoms with van der Waals surface area (Å²) < 4.78 is 5.73. The highest BCUT2D eigenvalue weighted by Gasteiger charge is 2.04. The summed E-state index contributed by atoms with van der Waals surface area (Å²) >= 11 is 0. The van der Waals surface area contributed by atoms with Crippen LogP contribution in [0.4, 0.5) is 0 Å². The molecule has 0 amide bonds. The van der Waals surface area contributed by atoms with E-state index in [1.165, 1.54) is 16.3 Å². The second-order valence-corrected chi connectivity index (χ2v) is 3.60. The Morgan fingerprint density at radius 1 is 0.812 bits per heavy atom. The van der Waals surface area contributed by atoms with Gasteiger partial charge in [-0.2, -0.15) is 0 Å². The van der Waals surface area contributed by atoms with Crippen molar-refractivity contribution in [2.45, 2.75) is 20.8 Å². The number of benzene rings is 2. The average Bonchev–Trinajstić information content (AvgIpc) is 2.68. The summed E-state index contributed by atoms with van der Waals surface area (Å²) in [5, 5.41) is 2.40. The van der Waals surface area contributed by atoms with Gasteiger partial charge in [0.25, 0.3) is 0 Å². The van der Waals surface area contributed by atoms with E-state index in [9.17, 15) is 0 Å². The molecule has 0 aliphatic heterocycles. The van der Waals surface area contributed by atoms with Crippen LogP contribution in [0.1, 0.15) is 19.4 Å². The van der Waals surface area contributed by atoms with Crippen molar-refractivity contribution in [3.63, 3.8) is 0 Å². The van der Waals surface area contributed by atoms with E-state index in [4.69, 9.17) is 4.42 Å². The molecule has 82 valence electrons. The number of aryl methyl sites for hydroxylation is 1. The number of hydrogen-bond acceptors (Lipinski definition) is 1. The molecule has 0 saturated carbocycles. The average molecular weight is 212 g/mol. The number of furan rings is 1. The van der Waals surface area contributed by atoms with Crippen LogP contribution in [0, 0.1) is 6.92 Å². The molecule has 0 unspecified atom stereocenters. The number of fused-ring (bicyclic) bond motifs is 3. The van der Waals surface area contributed by atoms with E-state index in [0.29, 0.717) is 0 Å². The van der Waals surface area contributed by atoms with Gasteiger partial charge in [0.05, 0.1) is 0 Å². The fraction of sp³-hybridized carbons (Fsp3) is 0.200.